The van der Waals surface area contributed by atoms with Gasteiger partial charge in [0.2, 0.25) is 0 Å². The number of rotatable bonds is 13. The highest BCUT2D eigenvalue weighted by molar-refractivity contribution is 4.66. The Morgan fingerprint density at radius 1 is 0.824 bits per heavy atom. The van der Waals surface area contributed by atoms with Crippen molar-refractivity contribution in [1.82, 2.24) is 0 Å². The Bertz CT molecular complexity index is 162. The van der Waals surface area contributed by atoms with E-state index in [4.69, 9.17) is 28.8 Å². The smallest absolute Gasteiger partial charge is 0.104 e. The molecule has 1 saturated heterocycles. The molecule has 1 unspecified atom stereocenters. The van der Waals surface area contributed by atoms with Gasteiger partial charge in [0.05, 0.1) is 66.1 Å². The molecule has 0 aromatic heterocycles. The van der Waals surface area contributed by atoms with Crippen LogP contribution in [0.5, 0.6) is 0 Å². The van der Waals surface area contributed by atoms with Crippen LogP contribution in [0.3, 0.4) is 0 Å². The van der Waals surface area contributed by atoms with Crippen molar-refractivity contribution in [3.8, 4) is 0 Å². The van der Waals surface area contributed by atoms with Crippen LogP contribution in [0.2, 0.25) is 0 Å². The van der Waals surface area contributed by atoms with Crippen molar-refractivity contribution < 1.29 is 28.8 Å². The number of epoxide rings is 1. The van der Waals surface area contributed by atoms with Gasteiger partial charge >= 0.3 is 0 Å². The molecule has 0 aromatic rings. The summed E-state index contributed by atoms with van der Waals surface area (Å²) in [5, 5.41) is 8.44. The van der Waals surface area contributed by atoms with Crippen molar-refractivity contribution in [1.29, 1.82) is 0 Å². The maximum atomic E-state index is 8.44. The highest BCUT2D eigenvalue weighted by Crippen LogP contribution is 2.07. The average molecular weight is 250 g/mol. The Balaban J connectivity index is 1.61. The summed E-state index contributed by atoms with van der Waals surface area (Å²) in [7, 11) is 0. The maximum Gasteiger partial charge on any atom is 0.104 e. The van der Waals surface area contributed by atoms with E-state index in [9.17, 15) is 0 Å². The molecule has 1 N–H and O–H groups in total. The van der Waals surface area contributed by atoms with Gasteiger partial charge in [-0.2, -0.15) is 0 Å². The molecular weight excluding hydrogens is 228 g/mol. The van der Waals surface area contributed by atoms with E-state index in [0.29, 0.717) is 59.0 Å². The first-order valence-electron chi connectivity index (χ1n) is 5.97. The van der Waals surface area contributed by atoms with E-state index in [0.717, 1.165) is 6.61 Å². The Morgan fingerprint density at radius 2 is 1.29 bits per heavy atom. The van der Waals surface area contributed by atoms with Crippen molar-refractivity contribution in [2.45, 2.75) is 6.10 Å². The van der Waals surface area contributed by atoms with Gasteiger partial charge in [0, 0.05) is 0 Å². The molecule has 0 aromatic carbocycles. The monoisotopic (exact) mass is 250 g/mol. The summed E-state index contributed by atoms with van der Waals surface area (Å²) in [5.74, 6) is 0. The fourth-order valence-electron chi connectivity index (χ4n) is 1.10. The summed E-state index contributed by atoms with van der Waals surface area (Å²) >= 11 is 0. The number of ether oxygens (including phenoxy) is 5. The van der Waals surface area contributed by atoms with Crippen molar-refractivity contribution in [3.05, 3.63) is 0 Å². The Labute approximate surface area is 102 Å². The van der Waals surface area contributed by atoms with Crippen molar-refractivity contribution in [3.63, 3.8) is 0 Å². The minimum atomic E-state index is 0.0506. The lowest BCUT2D eigenvalue weighted by Crippen LogP contribution is -2.13. The molecule has 0 bridgehead atoms. The average Bonchev–Trinajstić information content (AvgIpc) is 3.15. The molecule has 0 saturated carbocycles. The molecule has 0 amide bonds. The third kappa shape index (κ3) is 10.6. The van der Waals surface area contributed by atoms with Crippen LogP contribution in [0.15, 0.2) is 0 Å². The van der Waals surface area contributed by atoms with Gasteiger partial charge in [0.15, 0.2) is 0 Å². The van der Waals surface area contributed by atoms with Crippen LogP contribution in [-0.2, 0) is 23.7 Å². The first-order chi connectivity index (χ1) is 8.43. The fourth-order valence-corrected chi connectivity index (χ4v) is 1.10. The van der Waals surface area contributed by atoms with Gasteiger partial charge in [-0.25, -0.2) is 0 Å². The zero-order valence-electron chi connectivity index (χ0n) is 10.1. The topological polar surface area (TPSA) is 69.7 Å². The molecule has 6 heteroatoms. The van der Waals surface area contributed by atoms with Gasteiger partial charge in [-0.05, 0) is 0 Å². The van der Waals surface area contributed by atoms with E-state index in [1.807, 2.05) is 0 Å². The van der Waals surface area contributed by atoms with E-state index in [2.05, 4.69) is 0 Å². The van der Waals surface area contributed by atoms with Crippen LogP contribution in [0.1, 0.15) is 0 Å². The lowest BCUT2D eigenvalue weighted by molar-refractivity contribution is -0.00668. The zero-order valence-corrected chi connectivity index (χ0v) is 10.1. The standard InChI is InChI=1S/C11H22O6/c12-1-2-13-3-4-14-5-6-15-7-8-16-9-11-10-17-11/h11-12H,1-10H2. The predicted octanol–water partition coefficient (Wildman–Crippen LogP) is -0.556. The number of aliphatic hydroxyl groups excluding tert-OH is 1. The van der Waals surface area contributed by atoms with Crippen LogP contribution < -0.4 is 0 Å². The molecule has 17 heavy (non-hydrogen) atoms. The van der Waals surface area contributed by atoms with E-state index < -0.39 is 0 Å². The Kier molecular flexibility index (Phi) is 9.49. The van der Waals surface area contributed by atoms with Crippen molar-refractivity contribution >= 4 is 0 Å². The summed E-state index contributed by atoms with van der Waals surface area (Å²) in [5.41, 5.74) is 0. The molecule has 6 nitrogen and oxygen atoms in total. The summed E-state index contributed by atoms with van der Waals surface area (Å²) in [4.78, 5) is 0. The van der Waals surface area contributed by atoms with E-state index in [1.165, 1.54) is 0 Å². The largest absolute Gasteiger partial charge is 0.394 e. The summed E-state index contributed by atoms with van der Waals surface area (Å²) in [6.07, 6.45) is 0.317. The fraction of sp³-hybridized carbons (Fsp3) is 1.00. The summed E-state index contributed by atoms with van der Waals surface area (Å²) < 4.78 is 25.8. The minimum absolute atomic E-state index is 0.0506. The molecule has 102 valence electrons. The van der Waals surface area contributed by atoms with Crippen LogP contribution in [-0.4, -0.2) is 77.3 Å². The van der Waals surface area contributed by atoms with Gasteiger partial charge in [-0.1, -0.05) is 0 Å². The van der Waals surface area contributed by atoms with E-state index in [-0.39, 0.29) is 6.61 Å². The first kappa shape index (κ1) is 14.8. The second kappa shape index (κ2) is 10.9. The maximum absolute atomic E-state index is 8.44. The zero-order chi connectivity index (χ0) is 12.2. The van der Waals surface area contributed by atoms with E-state index >= 15 is 0 Å². The van der Waals surface area contributed by atoms with Gasteiger partial charge in [0.1, 0.15) is 6.10 Å². The first-order valence-corrected chi connectivity index (χ1v) is 5.97. The third-order valence-corrected chi connectivity index (χ3v) is 2.06. The number of hydrogen-bond acceptors (Lipinski definition) is 6. The molecule has 1 fully saturated rings. The summed E-state index contributed by atoms with van der Waals surface area (Å²) in [6, 6.07) is 0. The van der Waals surface area contributed by atoms with Crippen LogP contribution in [0.25, 0.3) is 0 Å². The van der Waals surface area contributed by atoms with Gasteiger partial charge < -0.3 is 28.8 Å². The van der Waals surface area contributed by atoms with Crippen LogP contribution in [0.4, 0.5) is 0 Å². The molecule has 1 rings (SSSR count). The Morgan fingerprint density at radius 3 is 1.76 bits per heavy atom. The lowest BCUT2D eigenvalue weighted by atomic mass is 10.5. The molecule has 0 radical (unpaired) electrons. The second-order valence-electron chi connectivity index (χ2n) is 3.59. The molecule has 0 spiro atoms. The van der Waals surface area contributed by atoms with E-state index in [1.54, 1.807) is 0 Å². The normalized spacial score (nSPS) is 18.5. The van der Waals surface area contributed by atoms with Gasteiger partial charge in [-0.3, -0.25) is 0 Å². The quantitative estimate of drug-likeness (QED) is 0.349. The lowest BCUT2D eigenvalue weighted by Gasteiger charge is -2.06. The summed E-state index contributed by atoms with van der Waals surface area (Å²) in [6.45, 7) is 5.23. The SMILES string of the molecule is OCCOCCOCCOCCOCC1CO1. The molecule has 0 aliphatic carbocycles. The van der Waals surface area contributed by atoms with Crippen LogP contribution in [0, 0.1) is 0 Å². The molecule has 1 aliphatic rings. The highest BCUT2D eigenvalue weighted by Gasteiger charge is 2.21. The molecule has 1 atom stereocenters. The second-order valence-corrected chi connectivity index (χ2v) is 3.59. The predicted molar refractivity (Wildman–Crippen MR) is 60.1 cm³/mol. The molecule has 1 aliphatic heterocycles. The Hall–Kier alpha value is -0.240. The molecular formula is C11H22O6. The minimum Gasteiger partial charge on any atom is -0.394 e. The van der Waals surface area contributed by atoms with Crippen molar-refractivity contribution in [2.75, 3.05) is 66.1 Å². The van der Waals surface area contributed by atoms with Crippen LogP contribution >= 0.6 is 0 Å². The number of aliphatic hydroxyl groups is 1. The third-order valence-electron chi connectivity index (χ3n) is 2.06. The van der Waals surface area contributed by atoms with Gasteiger partial charge in [-0.15, -0.1) is 0 Å². The van der Waals surface area contributed by atoms with Crippen molar-refractivity contribution in [2.24, 2.45) is 0 Å². The highest BCUT2D eigenvalue weighted by atomic mass is 16.6. The van der Waals surface area contributed by atoms with Gasteiger partial charge in [0.25, 0.3) is 0 Å². The number of hydrogen-bond donors (Lipinski definition) is 1. The molecule has 1 heterocycles.